The summed E-state index contributed by atoms with van der Waals surface area (Å²) in [5, 5.41) is 0. The van der Waals surface area contributed by atoms with E-state index in [0.717, 1.165) is 31.2 Å². The number of carbonyl (C=O) groups is 3. The maximum atomic E-state index is 12.8. The molecule has 0 radical (unpaired) electrons. The molecule has 2 aliphatic rings. The first kappa shape index (κ1) is 21.3. The third-order valence-electron chi connectivity index (χ3n) is 6.37. The molecule has 1 aliphatic carbocycles. The average molecular weight is 420 g/mol. The van der Waals surface area contributed by atoms with Crippen molar-refractivity contribution in [1.82, 2.24) is 0 Å². The Balaban J connectivity index is 1.45. The lowest BCUT2D eigenvalue weighted by Crippen LogP contribution is -2.31. The van der Waals surface area contributed by atoms with Gasteiger partial charge in [0.15, 0.2) is 0 Å². The summed E-state index contributed by atoms with van der Waals surface area (Å²) in [6, 6.07) is 14.6. The van der Waals surface area contributed by atoms with Crippen LogP contribution in [-0.4, -0.2) is 17.8 Å². The summed E-state index contributed by atoms with van der Waals surface area (Å²) >= 11 is 0. The van der Waals surface area contributed by atoms with Gasteiger partial charge in [0, 0.05) is 0 Å². The van der Waals surface area contributed by atoms with Gasteiger partial charge in [-0.15, -0.1) is 0 Å². The molecule has 2 amide bonds. The molecular weight excluding hydrogens is 390 g/mol. The van der Waals surface area contributed by atoms with Gasteiger partial charge in [0.2, 0.25) is 11.8 Å². The van der Waals surface area contributed by atoms with Crippen molar-refractivity contribution >= 4 is 23.5 Å². The number of hydrogen-bond donors (Lipinski definition) is 0. The molecular formula is C26H29NO4. The minimum atomic E-state index is -0.474. The largest absolute Gasteiger partial charge is 0.457 e. The Morgan fingerprint density at radius 1 is 0.968 bits per heavy atom. The second-order valence-corrected chi connectivity index (χ2v) is 9.58. The van der Waals surface area contributed by atoms with E-state index in [1.54, 1.807) is 24.3 Å². The Labute approximate surface area is 183 Å². The SMILES string of the molecule is CC(C)(C)c1ccc(COC(=O)c2cccc(N3C(=O)C4CCCCC4C3=O)c2)cc1. The standard InChI is InChI=1S/C26H29NO4/c1-26(2,3)19-13-11-17(12-14-19)16-31-25(30)18-7-6-8-20(15-18)27-23(28)21-9-4-5-10-22(21)24(27)29/h6-8,11-15,21-22H,4-5,9-10,16H2,1-3H3. The van der Waals surface area contributed by atoms with E-state index in [9.17, 15) is 14.4 Å². The zero-order valence-corrected chi connectivity index (χ0v) is 18.4. The van der Waals surface area contributed by atoms with Crippen LogP contribution in [0.15, 0.2) is 48.5 Å². The van der Waals surface area contributed by atoms with E-state index in [4.69, 9.17) is 4.74 Å². The number of esters is 1. The van der Waals surface area contributed by atoms with Gasteiger partial charge >= 0.3 is 5.97 Å². The predicted molar refractivity (Wildman–Crippen MR) is 119 cm³/mol. The number of hydrogen-bond acceptors (Lipinski definition) is 4. The summed E-state index contributed by atoms with van der Waals surface area (Å²) in [6.45, 7) is 6.62. The van der Waals surface area contributed by atoms with Gasteiger partial charge in [-0.3, -0.25) is 14.5 Å². The maximum absolute atomic E-state index is 12.8. The van der Waals surface area contributed by atoms with E-state index in [-0.39, 0.29) is 35.7 Å². The fourth-order valence-electron chi connectivity index (χ4n) is 4.52. The third kappa shape index (κ3) is 4.27. The summed E-state index contributed by atoms with van der Waals surface area (Å²) < 4.78 is 5.48. The number of rotatable bonds is 4. The monoisotopic (exact) mass is 419 g/mol. The van der Waals surface area contributed by atoms with E-state index in [2.05, 4.69) is 20.8 Å². The average Bonchev–Trinajstić information content (AvgIpc) is 3.02. The lowest BCUT2D eigenvalue weighted by Gasteiger charge is -2.19. The second-order valence-electron chi connectivity index (χ2n) is 9.58. The van der Waals surface area contributed by atoms with Gasteiger partial charge in [-0.05, 0) is 47.6 Å². The Hall–Kier alpha value is -2.95. The molecule has 162 valence electrons. The Morgan fingerprint density at radius 2 is 1.58 bits per heavy atom. The molecule has 31 heavy (non-hydrogen) atoms. The zero-order chi connectivity index (χ0) is 22.2. The van der Waals surface area contributed by atoms with Crippen molar-refractivity contribution in [2.45, 2.75) is 58.5 Å². The van der Waals surface area contributed by atoms with E-state index in [1.165, 1.54) is 10.5 Å². The molecule has 5 heteroatoms. The topological polar surface area (TPSA) is 63.7 Å². The van der Waals surface area contributed by atoms with Crippen LogP contribution >= 0.6 is 0 Å². The van der Waals surface area contributed by atoms with Gasteiger partial charge in [0.25, 0.3) is 0 Å². The van der Waals surface area contributed by atoms with Crippen LogP contribution in [0, 0.1) is 11.8 Å². The fraction of sp³-hybridized carbons (Fsp3) is 0.423. The van der Waals surface area contributed by atoms with Gasteiger partial charge in [-0.2, -0.15) is 0 Å². The van der Waals surface area contributed by atoms with E-state index < -0.39 is 5.97 Å². The van der Waals surface area contributed by atoms with Crippen LogP contribution in [0.3, 0.4) is 0 Å². The zero-order valence-electron chi connectivity index (χ0n) is 18.4. The molecule has 5 nitrogen and oxygen atoms in total. The molecule has 0 aromatic heterocycles. The van der Waals surface area contributed by atoms with Crippen molar-refractivity contribution in [2.24, 2.45) is 11.8 Å². The highest BCUT2D eigenvalue weighted by Crippen LogP contribution is 2.40. The smallest absolute Gasteiger partial charge is 0.338 e. The molecule has 0 bridgehead atoms. The number of anilines is 1. The molecule has 1 saturated carbocycles. The quantitative estimate of drug-likeness (QED) is 0.516. The molecule has 1 saturated heterocycles. The molecule has 2 unspecified atom stereocenters. The van der Waals surface area contributed by atoms with E-state index in [1.807, 2.05) is 24.3 Å². The number of benzene rings is 2. The van der Waals surface area contributed by atoms with Crippen LogP contribution in [0.5, 0.6) is 0 Å². The van der Waals surface area contributed by atoms with Crippen molar-refractivity contribution in [2.75, 3.05) is 4.90 Å². The number of ether oxygens (including phenoxy) is 1. The molecule has 2 aromatic rings. The van der Waals surface area contributed by atoms with Gasteiger partial charge in [0.05, 0.1) is 23.1 Å². The van der Waals surface area contributed by atoms with Gasteiger partial charge < -0.3 is 4.74 Å². The van der Waals surface area contributed by atoms with Crippen LogP contribution in [0.25, 0.3) is 0 Å². The first-order valence-electron chi connectivity index (χ1n) is 11.0. The third-order valence-corrected chi connectivity index (χ3v) is 6.37. The minimum absolute atomic E-state index is 0.0671. The summed E-state index contributed by atoms with van der Waals surface area (Å²) in [5.41, 5.74) is 2.98. The molecule has 0 N–H and O–H groups in total. The normalized spacial score (nSPS) is 21.2. The summed E-state index contributed by atoms with van der Waals surface area (Å²) in [6.07, 6.45) is 3.50. The lowest BCUT2D eigenvalue weighted by molar-refractivity contribution is -0.122. The second kappa shape index (κ2) is 8.29. The molecule has 0 spiro atoms. The highest BCUT2D eigenvalue weighted by molar-refractivity contribution is 6.22. The Kier molecular flexibility index (Phi) is 5.69. The molecule has 2 fully saturated rings. The Bertz CT molecular complexity index is 979. The van der Waals surface area contributed by atoms with E-state index in [0.29, 0.717) is 11.3 Å². The van der Waals surface area contributed by atoms with Crippen LogP contribution in [0.2, 0.25) is 0 Å². The highest BCUT2D eigenvalue weighted by atomic mass is 16.5. The Morgan fingerprint density at radius 3 is 2.16 bits per heavy atom. The number of fused-ring (bicyclic) bond motifs is 1. The molecule has 1 heterocycles. The predicted octanol–water partition coefficient (Wildman–Crippen LogP) is 5.02. The number of imide groups is 1. The number of nitrogens with zero attached hydrogens (tertiary/aromatic N) is 1. The highest BCUT2D eigenvalue weighted by Gasteiger charge is 2.48. The van der Waals surface area contributed by atoms with Crippen molar-refractivity contribution in [3.63, 3.8) is 0 Å². The van der Waals surface area contributed by atoms with Crippen LogP contribution in [0.1, 0.15) is 67.9 Å². The molecule has 2 aromatic carbocycles. The lowest BCUT2D eigenvalue weighted by atomic mass is 9.81. The van der Waals surface area contributed by atoms with Gasteiger partial charge in [0.1, 0.15) is 6.61 Å². The van der Waals surface area contributed by atoms with Crippen molar-refractivity contribution in [3.05, 3.63) is 65.2 Å². The van der Waals surface area contributed by atoms with Crippen LogP contribution < -0.4 is 4.90 Å². The molecule has 2 atom stereocenters. The van der Waals surface area contributed by atoms with Crippen molar-refractivity contribution < 1.29 is 19.1 Å². The summed E-state index contributed by atoms with van der Waals surface area (Å²) in [7, 11) is 0. The fourth-order valence-corrected chi connectivity index (χ4v) is 4.52. The summed E-state index contributed by atoms with van der Waals surface area (Å²) in [4.78, 5) is 39.5. The van der Waals surface area contributed by atoms with Crippen molar-refractivity contribution in [1.29, 1.82) is 0 Å². The van der Waals surface area contributed by atoms with Crippen molar-refractivity contribution in [3.8, 4) is 0 Å². The molecule has 1 aliphatic heterocycles. The minimum Gasteiger partial charge on any atom is -0.457 e. The number of carbonyl (C=O) groups excluding carboxylic acids is 3. The summed E-state index contributed by atoms with van der Waals surface area (Å²) in [5.74, 6) is -1.18. The first-order valence-corrected chi connectivity index (χ1v) is 11.0. The van der Waals surface area contributed by atoms with E-state index >= 15 is 0 Å². The first-order chi connectivity index (χ1) is 14.8. The molecule has 4 rings (SSSR count). The van der Waals surface area contributed by atoms with Gasteiger partial charge in [-0.1, -0.05) is 63.9 Å². The number of amides is 2. The van der Waals surface area contributed by atoms with Crippen LogP contribution in [-0.2, 0) is 26.3 Å². The van der Waals surface area contributed by atoms with Crippen LogP contribution in [0.4, 0.5) is 5.69 Å². The van der Waals surface area contributed by atoms with Gasteiger partial charge in [-0.25, -0.2) is 4.79 Å². The maximum Gasteiger partial charge on any atom is 0.338 e.